The highest BCUT2D eigenvalue weighted by atomic mass is 79.9. The zero-order valence-electron chi connectivity index (χ0n) is 13.6. The van der Waals surface area contributed by atoms with E-state index >= 15 is 0 Å². The first kappa shape index (κ1) is 16.5. The number of rotatable bonds is 4. The Balaban J connectivity index is 1.53. The highest BCUT2D eigenvalue weighted by Gasteiger charge is 2.26. The second-order valence-corrected chi connectivity index (χ2v) is 8.67. The van der Waals surface area contributed by atoms with Gasteiger partial charge in [-0.15, -0.1) is 11.3 Å². The van der Waals surface area contributed by atoms with E-state index in [2.05, 4.69) is 43.2 Å². The number of halogens is 1. The Morgan fingerprint density at radius 3 is 2.88 bits per heavy atom. The third kappa shape index (κ3) is 3.55. The SMILES string of the molecule is O=C(N[C@@H]1CCCc2c1cnn2Cc1ccccc1)c1ccc(Br)s1. The molecule has 1 aliphatic rings. The minimum absolute atomic E-state index is 0.00985. The largest absolute Gasteiger partial charge is 0.344 e. The van der Waals surface area contributed by atoms with E-state index in [1.807, 2.05) is 36.5 Å². The van der Waals surface area contributed by atoms with Gasteiger partial charge in [-0.2, -0.15) is 5.10 Å². The van der Waals surface area contributed by atoms with Crippen LogP contribution in [0.4, 0.5) is 0 Å². The Morgan fingerprint density at radius 2 is 2.12 bits per heavy atom. The van der Waals surface area contributed by atoms with Crippen molar-refractivity contribution in [3.8, 4) is 0 Å². The van der Waals surface area contributed by atoms with E-state index < -0.39 is 0 Å². The van der Waals surface area contributed by atoms with E-state index in [-0.39, 0.29) is 11.9 Å². The van der Waals surface area contributed by atoms with Gasteiger partial charge in [-0.05, 0) is 52.9 Å². The molecule has 4 rings (SSSR count). The van der Waals surface area contributed by atoms with Crippen LogP contribution in [0.2, 0.25) is 0 Å². The van der Waals surface area contributed by atoms with Crippen LogP contribution in [-0.4, -0.2) is 15.7 Å². The van der Waals surface area contributed by atoms with Crippen LogP contribution in [0, 0.1) is 0 Å². The maximum Gasteiger partial charge on any atom is 0.261 e. The minimum Gasteiger partial charge on any atom is -0.344 e. The molecule has 0 fully saturated rings. The number of aromatic nitrogens is 2. The van der Waals surface area contributed by atoms with Crippen LogP contribution in [0.1, 0.15) is 45.4 Å². The highest BCUT2D eigenvalue weighted by molar-refractivity contribution is 9.11. The van der Waals surface area contributed by atoms with Crippen LogP contribution in [0.3, 0.4) is 0 Å². The summed E-state index contributed by atoms with van der Waals surface area (Å²) >= 11 is 4.87. The summed E-state index contributed by atoms with van der Waals surface area (Å²) in [7, 11) is 0. The normalized spacial score (nSPS) is 16.4. The molecule has 4 nitrogen and oxygen atoms in total. The summed E-state index contributed by atoms with van der Waals surface area (Å²) < 4.78 is 3.04. The second kappa shape index (κ2) is 7.14. The lowest BCUT2D eigenvalue weighted by molar-refractivity contribution is 0.0937. The average Bonchev–Trinajstić information content (AvgIpc) is 3.23. The van der Waals surface area contributed by atoms with Crippen molar-refractivity contribution in [1.82, 2.24) is 15.1 Å². The third-order valence-electron chi connectivity index (χ3n) is 4.54. The van der Waals surface area contributed by atoms with Crippen LogP contribution in [0.5, 0.6) is 0 Å². The molecular formula is C19H18BrN3OS. The van der Waals surface area contributed by atoms with Crippen molar-refractivity contribution in [2.75, 3.05) is 0 Å². The number of benzene rings is 1. The van der Waals surface area contributed by atoms with Crippen molar-refractivity contribution in [2.24, 2.45) is 0 Å². The fraction of sp³-hybridized carbons (Fsp3) is 0.263. The van der Waals surface area contributed by atoms with Gasteiger partial charge in [0.1, 0.15) is 0 Å². The smallest absolute Gasteiger partial charge is 0.261 e. The summed E-state index contributed by atoms with van der Waals surface area (Å²) in [6.45, 7) is 0.773. The molecule has 3 aromatic rings. The van der Waals surface area contributed by atoms with Gasteiger partial charge in [-0.1, -0.05) is 30.3 Å². The highest BCUT2D eigenvalue weighted by Crippen LogP contribution is 2.31. The van der Waals surface area contributed by atoms with Gasteiger partial charge in [-0.3, -0.25) is 9.48 Å². The molecule has 2 heterocycles. The summed E-state index contributed by atoms with van der Waals surface area (Å²) in [5, 5.41) is 7.77. The van der Waals surface area contributed by atoms with E-state index in [9.17, 15) is 4.79 Å². The summed E-state index contributed by atoms with van der Waals surface area (Å²) in [6.07, 6.45) is 4.96. The summed E-state index contributed by atoms with van der Waals surface area (Å²) in [5.41, 5.74) is 3.64. The lowest BCUT2D eigenvalue weighted by Crippen LogP contribution is -2.30. The molecule has 0 saturated heterocycles. The monoisotopic (exact) mass is 415 g/mol. The molecule has 2 aromatic heterocycles. The van der Waals surface area contributed by atoms with Crippen molar-refractivity contribution in [2.45, 2.75) is 31.8 Å². The number of amides is 1. The molecule has 0 radical (unpaired) electrons. The minimum atomic E-state index is -0.00985. The van der Waals surface area contributed by atoms with Crippen molar-refractivity contribution in [1.29, 1.82) is 0 Å². The van der Waals surface area contributed by atoms with Gasteiger partial charge < -0.3 is 5.32 Å². The Labute approximate surface area is 159 Å². The summed E-state index contributed by atoms with van der Waals surface area (Å²) in [5.74, 6) is -0.00985. The van der Waals surface area contributed by atoms with Crippen LogP contribution >= 0.6 is 27.3 Å². The first-order valence-corrected chi connectivity index (χ1v) is 9.96. The number of nitrogens with zero attached hydrogens (tertiary/aromatic N) is 2. The zero-order valence-corrected chi connectivity index (χ0v) is 16.0. The molecule has 0 unspecified atom stereocenters. The number of hydrogen-bond donors (Lipinski definition) is 1. The van der Waals surface area contributed by atoms with Crippen LogP contribution in [0.15, 0.2) is 52.4 Å². The van der Waals surface area contributed by atoms with Crippen LogP contribution < -0.4 is 5.32 Å². The lowest BCUT2D eigenvalue weighted by atomic mass is 9.93. The summed E-state index contributed by atoms with van der Waals surface area (Å²) in [4.78, 5) is 13.2. The Kier molecular flexibility index (Phi) is 4.72. The predicted octanol–water partition coefficient (Wildman–Crippen LogP) is 4.56. The van der Waals surface area contributed by atoms with E-state index in [1.54, 1.807) is 0 Å². The molecule has 1 amide bonds. The molecule has 1 aliphatic carbocycles. The second-order valence-electron chi connectivity index (χ2n) is 6.21. The Bertz CT molecular complexity index is 887. The van der Waals surface area contributed by atoms with E-state index in [0.29, 0.717) is 0 Å². The Hall–Kier alpha value is -1.92. The standard InChI is InChI=1S/C19H18BrN3OS/c20-18-10-9-17(25-18)19(24)22-15-7-4-8-16-14(15)11-21-23(16)12-13-5-2-1-3-6-13/h1-3,5-6,9-11,15H,4,7-8,12H2,(H,22,24)/t15-/m1/s1. The molecule has 0 aliphatic heterocycles. The molecule has 0 spiro atoms. The maximum absolute atomic E-state index is 12.5. The van der Waals surface area contributed by atoms with Crippen molar-refractivity contribution in [3.05, 3.63) is 74.1 Å². The average molecular weight is 416 g/mol. The molecule has 128 valence electrons. The molecular weight excluding hydrogens is 398 g/mol. The van der Waals surface area contributed by atoms with E-state index in [0.717, 1.165) is 40.0 Å². The fourth-order valence-electron chi connectivity index (χ4n) is 3.33. The molecule has 1 N–H and O–H groups in total. The quantitative estimate of drug-likeness (QED) is 0.678. The molecule has 0 bridgehead atoms. The molecule has 6 heteroatoms. The zero-order chi connectivity index (χ0) is 17.2. The fourth-order valence-corrected chi connectivity index (χ4v) is 4.62. The van der Waals surface area contributed by atoms with E-state index in [1.165, 1.54) is 22.6 Å². The molecule has 25 heavy (non-hydrogen) atoms. The number of hydrogen-bond acceptors (Lipinski definition) is 3. The molecule has 1 atom stereocenters. The molecule has 0 saturated carbocycles. The number of thiophene rings is 1. The topological polar surface area (TPSA) is 46.9 Å². The van der Waals surface area contributed by atoms with E-state index in [4.69, 9.17) is 0 Å². The lowest BCUT2D eigenvalue weighted by Gasteiger charge is -2.24. The van der Waals surface area contributed by atoms with Gasteiger partial charge >= 0.3 is 0 Å². The van der Waals surface area contributed by atoms with Gasteiger partial charge in [-0.25, -0.2) is 0 Å². The van der Waals surface area contributed by atoms with Crippen molar-refractivity contribution in [3.63, 3.8) is 0 Å². The van der Waals surface area contributed by atoms with Crippen LogP contribution in [0.25, 0.3) is 0 Å². The number of nitrogens with one attached hydrogen (secondary N) is 1. The molecule has 1 aromatic carbocycles. The number of fused-ring (bicyclic) bond motifs is 1. The Morgan fingerprint density at radius 1 is 1.28 bits per heavy atom. The van der Waals surface area contributed by atoms with Gasteiger partial charge in [0.2, 0.25) is 0 Å². The van der Waals surface area contributed by atoms with Gasteiger partial charge in [0.25, 0.3) is 5.91 Å². The van der Waals surface area contributed by atoms with Gasteiger partial charge in [0, 0.05) is 11.3 Å². The predicted molar refractivity (Wildman–Crippen MR) is 103 cm³/mol. The van der Waals surface area contributed by atoms with Gasteiger partial charge in [0.05, 0.1) is 27.4 Å². The third-order valence-corrected chi connectivity index (χ3v) is 6.16. The van der Waals surface area contributed by atoms with Gasteiger partial charge in [0.15, 0.2) is 0 Å². The van der Waals surface area contributed by atoms with Crippen molar-refractivity contribution >= 4 is 33.2 Å². The first-order chi connectivity index (χ1) is 12.2. The first-order valence-electron chi connectivity index (χ1n) is 8.35. The maximum atomic E-state index is 12.5. The van der Waals surface area contributed by atoms with Crippen LogP contribution in [-0.2, 0) is 13.0 Å². The van der Waals surface area contributed by atoms with Crippen molar-refractivity contribution < 1.29 is 4.79 Å². The number of carbonyl (C=O) groups is 1. The number of carbonyl (C=O) groups excluding carboxylic acids is 1. The summed E-state index contributed by atoms with van der Waals surface area (Å²) in [6, 6.07) is 14.2.